The average molecular weight is 296 g/mol. The van der Waals surface area contributed by atoms with Crippen molar-refractivity contribution in [2.24, 2.45) is 0 Å². The predicted octanol–water partition coefficient (Wildman–Crippen LogP) is 0.673. The van der Waals surface area contributed by atoms with Gasteiger partial charge in [-0.1, -0.05) is 0 Å². The Hall–Kier alpha value is -1.60. The van der Waals surface area contributed by atoms with Gasteiger partial charge in [0, 0.05) is 26.2 Å². The molecule has 0 saturated carbocycles. The van der Waals surface area contributed by atoms with E-state index in [1.165, 1.54) is 0 Å². The zero-order valence-corrected chi connectivity index (χ0v) is 12.8. The van der Waals surface area contributed by atoms with Crippen molar-refractivity contribution in [2.75, 3.05) is 45.2 Å². The van der Waals surface area contributed by atoms with Crippen molar-refractivity contribution in [1.82, 2.24) is 14.7 Å². The third-order valence-corrected chi connectivity index (χ3v) is 3.59. The van der Waals surface area contributed by atoms with E-state index in [0.717, 1.165) is 39.3 Å². The molecule has 1 aliphatic heterocycles. The Balaban J connectivity index is 1.91. The van der Waals surface area contributed by atoms with Gasteiger partial charge >= 0.3 is 5.97 Å². The smallest absolute Gasteiger partial charge is 0.343 e. The van der Waals surface area contributed by atoms with Gasteiger partial charge in [-0.25, -0.2) is 9.48 Å². The highest BCUT2D eigenvalue weighted by molar-refractivity contribution is 5.95. The first-order chi connectivity index (χ1) is 10.1. The molecule has 118 valence electrons. The third kappa shape index (κ3) is 3.95. The van der Waals surface area contributed by atoms with Gasteiger partial charge < -0.3 is 15.2 Å². The van der Waals surface area contributed by atoms with E-state index in [0.29, 0.717) is 30.2 Å². The molecule has 1 fully saturated rings. The van der Waals surface area contributed by atoms with E-state index < -0.39 is 5.97 Å². The van der Waals surface area contributed by atoms with E-state index in [1.807, 2.05) is 0 Å². The van der Waals surface area contributed by atoms with Crippen LogP contribution in [0.2, 0.25) is 0 Å². The molecular formula is C14H24N4O3. The van der Waals surface area contributed by atoms with Gasteiger partial charge in [-0.05, 0) is 20.3 Å². The molecular weight excluding hydrogens is 272 g/mol. The number of morpholine rings is 1. The number of carbonyl (C=O) groups excluding carboxylic acids is 1. The van der Waals surface area contributed by atoms with Crippen molar-refractivity contribution in [1.29, 1.82) is 0 Å². The number of anilines is 1. The molecule has 2 heterocycles. The number of rotatable bonds is 6. The highest BCUT2D eigenvalue weighted by atomic mass is 16.5. The molecule has 0 spiro atoms. The molecule has 0 unspecified atom stereocenters. The summed E-state index contributed by atoms with van der Waals surface area (Å²) in [6.07, 6.45) is 0.938. The first-order valence-electron chi connectivity index (χ1n) is 7.43. The molecule has 7 heteroatoms. The summed E-state index contributed by atoms with van der Waals surface area (Å²) in [5, 5.41) is 4.34. The summed E-state index contributed by atoms with van der Waals surface area (Å²) >= 11 is 0. The monoisotopic (exact) mass is 296 g/mol. The average Bonchev–Trinajstić information content (AvgIpc) is 2.75. The first-order valence-corrected chi connectivity index (χ1v) is 7.43. The number of nitrogens with two attached hydrogens (primary N) is 1. The maximum Gasteiger partial charge on any atom is 0.343 e. The summed E-state index contributed by atoms with van der Waals surface area (Å²) in [4.78, 5) is 14.2. The molecule has 21 heavy (non-hydrogen) atoms. The number of aryl methyl sites for hydroxylation is 2. The van der Waals surface area contributed by atoms with Gasteiger partial charge in [0.2, 0.25) is 0 Å². The summed E-state index contributed by atoms with van der Waals surface area (Å²) in [6, 6.07) is 0. The molecule has 1 aromatic rings. The first kappa shape index (κ1) is 15.8. The summed E-state index contributed by atoms with van der Waals surface area (Å²) < 4.78 is 12.0. The Morgan fingerprint density at radius 3 is 2.76 bits per heavy atom. The van der Waals surface area contributed by atoms with Gasteiger partial charge in [0.05, 0.1) is 25.5 Å². The van der Waals surface area contributed by atoms with E-state index in [9.17, 15) is 4.79 Å². The minimum absolute atomic E-state index is 0.333. The fourth-order valence-corrected chi connectivity index (χ4v) is 2.49. The Kier molecular flexibility index (Phi) is 5.58. The second-order valence-electron chi connectivity index (χ2n) is 5.10. The lowest BCUT2D eigenvalue weighted by atomic mass is 10.2. The molecule has 0 atom stereocenters. The number of aromatic nitrogens is 2. The summed E-state index contributed by atoms with van der Waals surface area (Å²) in [5.41, 5.74) is 7.03. The summed E-state index contributed by atoms with van der Waals surface area (Å²) in [5.74, 6) is -0.000133. The Bertz CT molecular complexity index is 481. The van der Waals surface area contributed by atoms with Gasteiger partial charge in [0.1, 0.15) is 11.4 Å². The van der Waals surface area contributed by atoms with E-state index in [-0.39, 0.29) is 0 Å². The van der Waals surface area contributed by atoms with E-state index in [2.05, 4.69) is 10.00 Å². The number of nitrogen functional groups attached to an aromatic ring is 1. The number of ether oxygens (including phenoxy) is 2. The van der Waals surface area contributed by atoms with Crippen LogP contribution in [0.1, 0.15) is 29.4 Å². The SMILES string of the molecule is CCOC(=O)c1c(C)nn(CCCN2CCOCC2)c1N. The Morgan fingerprint density at radius 2 is 2.10 bits per heavy atom. The minimum Gasteiger partial charge on any atom is -0.462 e. The van der Waals surface area contributed by atoms with Crippen LogP contribution in [0.15, 0.2) is 0 Å². The van der Waals surface area contributed by atoms with Crippen LogP contribution in [0.3, 0.4) is 0 Å². The molecule has 1 aromatic heterocycles. The second kappa shape index (κ2) is 7.42. The molecule has 1 aliphatic rings. The topological polar surface area (TPSA) is 82.6 Å². The number of esters is 1. The lowest BCUT2D eigenvalue weighted by Gasteiger charge is -2.26. The predicted molar refractivity (Wildman–Crippen MR) is 79.2 cm³/mol. The van der Waals surface area contributed by atoms with Gasteiger partial charge in [-0.3, -0.25) is 4.90 Å². The van der Waals surface area contributed by atoms with Crippen LogP contribution in [-0.4, -0.2) is 60.1 Å². The van der Waals surface area contributed by atoms with Crippen LogP contribution in [0.4, 0.5) is 5.82 Å². The van der Waals surface area contributed by atoms with Crippen LogP contribution in [0, 0.1) is 6.92 Å². The number of carbonyl (C=O) groups is 1. The van der Waals surface area contributed by atoms with Crippen molar-refractivity contribution >= 4 is 11.8 Å². The molecule has 0 bridgehead atoms. The van der Waals surface area contributed by atoms with Gasteiger partial charge in [0.25, 0.3) is 0 Å². The van der Waals surface area contributed by atoms with Crippen LogP contribution in [0.25, 0.3) is 0 Å². The fourth-order valence-electron chi connectivity index (χ4n) is 2.49. The van der Waals surface area contributed by atoms with Crippen LogP contribution in [0.5, 0.6) is 0 Å². The second-order valence-corrected chi connectivity index (χ2v) is 5.10. The molecule has 7 nitrogen and oxygen atoms in total. The lowest BCUT2D eigenvalue weighted by molar-refractivity contribution is 0.0368. The van der Waals surface area contributed by atoms with Gasteiger partial charge in [0.15, 0.2) is 0 Å². The van der Waals surface area contributed by atoms with Crippen molar-refractivity contribution in [3.05, 3.63) is 11.3 Å². The van der Waals surface area contributed by atoms with Gasteiger partial charge in [-0.15, -0.1) is 0 Å². The fraction of sp³-hybridized carbons (Fsp3) is 0.714. The normalized spacial score (nSPS) is 16.1. The largest absolute Gasteiger partial charge is 0.462 e. The maximum atomic E-state index is 11.8. The number of hydrogen-bond acceptors (Lipinski definition) is 6. The van der Waals surface area contributed by atoms with Crippen LogP contribution in [-0.2, 0) is 16.0 Å². The molecule has 0 radical (unpaired) electrons. The standard InChI is InChI=1S/C14H24N4O3/c1-3-21-14(19)12-11(2)16-18(13(12)15)6-4-5-17-7-9-20-10-8-17/h3-10,15H2,1-2H3. The van der Waals surface area contributed by atoms with Crippen LogP contribution < -0.4 is 5.73 Å². The zero-order valence-electron chi connectivity index (χ0n) is 12.8. The minimum atomic E-state index is -0.396. The Morgan fingerprint density at radius 1 is 1.38 bits per heavy atom. The maximum absolute atomic E-state index is 11.8. The van der Waals surface area contributed by atoms with E-state index >= 15 is 0 Å². The molecule has 0 aliphatic carbocycles. The molecule has 0 amide bonds. The van der Waals surface area contributed by atoms with Crippen molar-refractivity contribution in [3.8, 4) is 0 Å². The third-order valence-electron chi connectivity index (χ3n) is 3.59. The van der Waals surface area contributed by atoms with Crippen molar-refractivity contribution in [2.45, 2.75) is 26.8 Å². The van der Waals surface area contributed by atoms with Crippen LogP contribution >= 0.6 is 0 Å². The molecule has 1 saturated heterocycles. The van der Waals surface area contributed by atoms with E-state index in [1.54, 1.807) is 18.5 Å². The number of hydrogen-bond donors (Lipinski definition) is 1. The number of nitrogens with zero attached hydrogens (tertiary/aromatic N) is 3. The van der Waals surface area contributed by atoms with Crippen molar-refractivity contribution in [3.63, 3.8) is 0 Å². The molecule has 2 rings (SSSR count). The Labute approximate surface area is 125 Å². The van der Waals surface area contributed by atoms with Crippen molar-refractivity contribution < 1.29 is 14.3 Å². The zero-order chi connectivity index (χ0) is 15.2. The van der Waals surface area contributed by atoms with E-state index in [4.69, 9.17) is 15.2 Å². The summed E-state index contributed by atoms with van der Waals surface area (Å²) in [7, 11) is 0. The quantitative estimate of drug-likeness (QED) is 0.777. The molecule has 2 N–H and O–H groups in total. The molecule has 0 aromatic carbocycles. The highest BCUT2D eigenvalue weighted by Gasteiger charge is 2.20. The van der Waals surface area contributed by atoms with Gasteiger partial charge in [-0.2, -0.15) is 5.10 Å². The summed E-state index contributed by atoms with van der Waals surface area (Å²) in [6.45, 7) is 9.12. The lowest BCUT2D eigenvalue weighted by Crippen LogP contribution is -2.37. The highest BCUT2D eigenvalue weighted by Crippen LogP contribution is 2.18.